The van der Waals surface area contributed by atoms with Crippen molar-refractivity contribution in [3.8, 4) is 6.07 Å². The molecule has 4 heteroatoms. The summed E-state index contributed by atoms with van der Waals surface area (Å²) in [6, 6.07) is 13.8. The largest absolute Gasteiger partial charge is 0.394 e. The topological polar surface area (TPSA) is 56.0 Å². The van der Waals surface area contributed by atoms with E-state index in [2.05, 4.69) is 12.2 Å². The van der Waals surface area contributed by atoms with Crippen molar-refractivity contribution in [3.63, 3.8) is 0 Å². The van der Waals surface area contributed by atoms with Gasteiger partial charge in [0, 0.05) is 11.6 Å². The molecule has 0 saturated carbocycles. The van der Waals surface area contributed by atoms with E-state index in [4.69, 9.17) is 5.26 Å². The maximum Gasteiger partial charge on any atom is 0.129 e. The highest BCUT2D eigenvalue weighted by Crippen LogP contribution is 2.22. The highest BCUT2D eigenvalue weighted by atomic mass is 19.1. The Morgan fingerprint density at radius 1 is 1.22 bits per heavy atom. The monoisotopic (exact) mass is 312 g/mol. The van der Waals surface area contributed by atoms with Gasteiger partial charge in [0.1, 0.15) is 5.82 Å². The van der Waals surface area contributed by atoms with E-state index in [1.54, 1.807) is 12.1 Å². The lowest BCUT2D eigenvalue weighted by Crippen LogP contribution is -2.27. The third-order valence-corrected chi connectivity index (χ3v) is 4.02. The van der Waals surface area contributed by atoms with Crippen molar-refractivity contribution in [2.75, 3.05) is 6.61 Å². The maximum atomic E-state index is 14.1. The standard InChI is InChI=1S/C19H21FN2O/c1-3-14-4-7-16(8-5-14)19(12-23)22-13(2)17-9-6-15(11-21)10-18(17)20/h4-10,13,19,22-23H,3,12H2,1-2H3. The molecule has 2 unspecified atom stereocenters. The highest BCUT2D eigenvalue weighted by molar-refractivity contribution is 5.34. The first kappa shape index (κ1) is 17.1. The normalized spacial score (nSPS) is 13.3. The molecule has 0 aliphatic rings. The second-order valence-corrected chi connectivity index (χ2v) is 5.57. The van der Waals surface area contributed by atoms with Gasteiger partial charge in [0.2, 0.25) is 0 Å². The van der Waals surface area contributed by atoms with Gasteiger partial charge in [-0.25, -0.2) is 4.39 Å². The van der Waals surface area contributed by atoms with Crippen LogP contribution in [0.2, 0.25) is 0 Å². The van der Waals surface area contributed by atoms with Crippen molar-refractivity contribution in [3.05, 3.63) is 70.5 Å². The minimum atomic E-state index is -0.415. The maximum absolute atomic E-state index is 14.1. The zero-order valence-corrected chi connectivity index (χ0v) is 13.4. The molecule has 120 valence electrons. The first-order valence-electron chi connectivity index (χ1n) is 7.74. The second-order valence-electron chi connectivity index (χ2n) is 5.57. The Bertz CT molecular complexity index is 692. The molecule has 23 heavy (non-hydrogen) atoms. The average Bonchev–Trinajstić information content (AvgIpc) is 2.59. The average molecular weight is 312 g/mol. The lowest BCUT2D eigenvalue weighted by Gasteiger charge is -2.23. The predicted molar refractivity (Wildman–Crippen MR) is 88.3 cm³/mol. The summed E-state index contributed by atoms with van der Waals surface area (Å²) >= 11 is 0. The van der Waals surface area contributed by atoms with E-state index in [1.807, 2.05) is 37.3 Å². The molecule has 0 fully saturated rings. The van der Waals surface area contributed by atoms with Crippen LogP contribution in [-0.2, 0) is 6.42 Å². The van der Waals surface area contributed by atoms with Crippen LogP contribution in [0.15, 0.2) is 42.5 Å². The molecule has 2 rings (SSSR count). The Balaban J connectivity index is 2.16. The van der Waals surface area contributed by atoms with Gasteiger partial charge in [-0.2, -0.15) is 5.26 Å². The molecule has 0 bridgehead atoms. The van der Waals surface area contributed by atoms with Gasteiger partial charge < -0.3 is 10.4 Å². The van der Waals surface area contributed by atoms with Gasteiger partial charge in [0.15, 0.2) is 0 Å². The molecule has 0 amide bonds. The van der Waals surface area contributed by atoms with Gasteiger partial charge in [-0.3, -0.25) is 0 Å². The molecule has 0 aromatic heterocycles. The third-order valence-electron chi connectivity index (χ3n) is 4.02. The third kappa shape index (κ3) is 4.16. The Morgan fingerprint density at radius 2 is 1.91 bits per heavy atom. The Labute approximate surface area is 136 Å². The summed E-state index contributed by atoms with van der Waals surface area (Å²) in [7, 11) is 0. The van der Waals surface area contributed by atoms with Crippen molar-refractivity contribution in [2.45, 2.75) is 32.4 Å². The van der Waals surface area contributed by atoms with Crippen LogP contribution in [0.25, 0.3) is 0 Å². The van der Waals surface area contributed by atoms with Crippen LogP contribution in [0, 0.1) is 17.1 Å². The Morgan fingerprint density at radius 3 is 2.43 bits per heavy atom. The van der Waals surface area contributed by atoms with Gasteiger partial charge in [-0.15, -0.1) is 0 Å². The summed E-state index contributed by atoms with van der Waals surface area (Å²) < 4.78 is 14.1. The highest BCUT2D eigenvalue weighted by Gasteiger charge is 2.17. The molecule has 0 radical (unpaired) electrons. The molecule has 0 aliphatic carbocycles. The molecule has 2 aromatic carbocycles. The van der Waals surface area contributed by atoms with Crippen LogP contribution in [0.4, 0.5) is 4.39 Å². The number of hydrogen-bond donors (Lipinski definition) is 2. The van der Waals surface area contributed by atoms with Gasteiger partial charge in [0.25, 0.3) is 0 Å². The summed E-state index contributed by atoms with van der Waals surface area (Å²) in [5.74, 6) is -0.415. The summed E-state index contributed by atoms with van der Waals surface area (Å²) in [6.45, 7) is 3.85. The predicted octanol–water partition coefficient (Wildman–Crippen LogP) is 3.64. The van der Waals surface area contributed by atoms with Crippen molar-refractivity contribution < 1.29 is 9.50 Å². The molecular weight excluding hydrogens is 291 g/mol. The van der Waals surface area contributed by atoms with Crippen LogP contribution in [-0.4, -0.2) is 11.7 Å². The zero-order valence-electron chi connectivity index (χ0n) is 13.4. The number of aliphatic hydroxyl groups is 1. The van der Waals surface area contributed by atoms with Gasteiger partial charge >= 0.3 is 0 Å². The first-order valence-corrected chi connectivity index (χ1v) is 7.74. The number of aryl methyl sites for hydroxylation is 1. The van der Waals surface area contributed by atoms with Gasteiger partial charge in [0.05, 0.1) is 24.3 Å². The summed E-state index contributed by atoms with van der Waals surface area (Å²) in [4.78, 5) is 0. The number of halogens is 1. The molecule has 2 atom stereocenters. The summed E-state index contributed by atoms with van der Waals surface area (Å²) in [5.41, 5.74) is 2.97. The molecule has 0 spiro atoms. The van der Waals surface area contributed by atoms with Gasteiger partial charge in [-0.05, 0) is 36.6 Å². The summed E-state index contributed by atoms with van der Waals surface area (Å²) in [6.07, 6.45) is 0.963. The molecule has 0 heterocycles. The first-order chi connectivity index (χ1) is 11.1. The molecular formula is C19H21FN2O. The molecule has 2 aromatic rings. The summed E-state index contributed by atoms with van der Waals surface area (Å²) in [5, 5.41) is 21.7. The number of aliphatic hydroxyl groups excluding tert-OH is 1. The van der Waals surface area contributed by atoms with E-state index < -0.39 is 5.82 Å². The van der Waals surface area contributed by atoms with Crippen molar-refractivity contribution >= 4 is 0 Å². The van der Waals surface area contributed by atoms with Crippen molar-refractivity contribution in [2.24, 2.45) is 0 Å². The number of nitrogens with one attached hydrogen (secondary N) is 1. The number of rotatable bonds is 6. The van der Waals surface area contributed by atoms with Crippen LogP contribution >= 0.6 is 0 Å². The number of benzene rings is 2. The fourth-order valence-corrected chi connectivity index (χ4v) is 2.58. The van der Waals surface area contributed by atoms with Crippen LogP contribution in [0.3, 0.4) is 0 Å². The Hall–Kier alpha value is -2.22. The van der Waals surface area contributed by atoms with E-state index in [1.165, 1.54) is 11.6 Å². The number of hydrogen-bond acceptors (Lipinski definition) is 3. The fraction of sp³-hybridized carbons (Fsp3) is 0.316. The number of nitriles is 1. The second kappa shape index (κ2) is 7.87. The quantitative estimate of drug-likeness (QED) is 0.856. The minimum absolute atomic E-state index is 0.0757. The van der Waals surface area contributed by atoms with Gasteiger partial charge in [-0.1, -0.05) is 37.3 Å². The smallest absolute Gasteiger partial charge is 0.129 e. The van der Waals surface area contributed by atoms with E-state index in [0.29, 0.717) is 11.1 Å². The van der Waals surface area contributed by atoms with Crippen molar-refractivity contribution in [1.29, 1.82) is 5.26 Å². The molecule has 0 saturated heterocycles. The lowest BCUT2D eigenvalue weighted by molar-refractivity contribution is 0.234. The Kier molecular flexibility index (Phi) is 5.86. The fourth-order valence-electron chi connectivity index (χ4n) is 2.58. The molecule has 3 nitrogen and oxygen atoms in total. The van der Waals surface area contributed by atoms with E-state index in [0.717, 1.165) is 12.0 Å². The minimum Gasteiger partial charge on any atom is -0.394 e. The zero-order chi connectivity index (χ0) is 16.8. The lowest BCUT2D eigenvalue weighted by atomic mass is 10.0. The molecule has 2 N–H and O–H groups in total. The molecule has 0 aliphatic heterocycles. The van der Waals surface area contributed by atoms with E-state index in [9.17, 15) is 9.50 Å². The van der Waals surface area contributed by atoms with E-state index in [-0.39, 0.29) is 18.7 Å². The van der Waals surface area contributed by atoms with E-state index >= 15 is 0 Å². The van der Waals surface area contributed by atoms with Crippen LogP contribution in [0.1, 0.15) is 48.2 Å². The van der Waals surface area contributed by atoms with Crippen molar-refractivity contribution in [1.82, 2.24) is 5.32 Å². The number of nitrogens with zero attached hydrogens (tertiary/aromatic N) is 1. The van der Waals surface area contributed by atoms with Crippen LogP contribution in [0.5, 0.6) is 0 Å². The SMILES string of the molecule is CCc1ccc(C(CO)NC(C)c2ccc(C#N)cc2F)cc1. The van der Waals surface area contributed by atoms with Crippen LogP contribution < -0.4 is 5.32 Å².